The van der Waals surface area contributed by atoms with Gasteiger partial charge in [0.1, 0.15) is 11.4 Å². The average molecular weight is 390 g/mol. The van der Waals surface area contributed by atoms with Crippen molar-refractivity contribution in [3.05, 3.63) is 83.4 Å². The van der Waals surface area contributed by atoms with Crippen molar-refractivity contribution in [3.63, 3.8) is 0 Å². The minimum Gasteiger partial charge on any atom is -0.450 e. The number of rotatable bonds is 5. The molecule has 5 heteroatoms. The van der Waals surface area contributed by atoms with Gasteiger partial charge >= 0.3 is 0 Å². The number of hydrogen-bond donors (Lipinski definition) is 1. The molecular weight excluding hydrogens is 367 g/mol. The van der Waals surface area contributed by atoms with Crippen molar-refractivity contribution in [2.75, 3.05) is 20.6 Å². The van der Waals surface area contributed by atoms with Crippen LogP contribution >= 0.6 is 0 Å². The van der Waals surface area contributed by atoms with Crippen molar-refractivity contribution in [1.82, 2.24) is 10.2 Å². The Labute approximate surface area is 168 Å². The van der Waals surface area contributed by atoms with E-state index in [9.17, 15) is 9.18 Å². The molecule has 1 N–H and O–H groups in total. The zero-order chi connectivity index (χ0) is 20.5. The lowest BCUT2D eigenvalue weighted by Gasteiger charge is -2.25. The summed E-state index contributed by atoms with van der Waals surface area (Å²) in [7, 11) is 3.81. The first-order valence-electron chi connectivity index (χ1n) is 9.56. The van der Waals surface area contributed by atoms with Crippen molar-refractivity contribution >= 4 is 27.6 Å². The van der Waals surface area contributed by atoms with Gasteiger partial charge in [0.15, 0.2) is 5.76 Å². The summed E-state index contributed by atoms with van der Waals surface area (Å²) in [6.45, 7) is 2.23. The number of carbonyl (C=O) groups is 1. The van der Waals surface area contributed by atoms with Gasteiger partial charge in [-0.05, 0) is 44.1 Å². The third-order valence-electron chi connectivity index (χ3n) is 5.35. The second kappa shape index (κ2) is 7.68. The van der Waals surface area contributed by atoms with Crippen LogP contribution in [0, 0.1) is 12.7 Å². The molecule has 0 saturated heterocycles. The van der Waals surface area contributed by atoms with Crippen molar-refractivity contribution in [1.29, 1.82) is 0 Å². The predicted molar refractivity (Wildman–Crippen MR) is 114 cm³/mol. The van der Waals surface area contributed by atoms with Crippen LogP contribution in [0.2, 0.25) is 0 Å². The van der Waals surface area contributed by atoms with Gasteiger partial charge in [-0.25, -0.2) is 4.39 Å². The molecule has 1 aromatic heterocycles. The summed E-state index contributed by atoms with van der Waals surface area (Å²) in [5.41, 5.74) is 2.35. The number of carbonyl (C=O) groups excluding carboxylic acids is 1. The van der Waals surface area contributed by atoms with Gasteiger partial charge in [0.05, 0.1) is 6.04 Å². The maximum Gasteiger partial charge on any atom is 0.287 e. The zero-order valence-electron chi connectivity index (χ0n) is 16.7. The number of amides is 1. The Morgan fingerprint density at radius 3 is 2.62 bits per heavy atom. The van der Waals surface area contributed by atoms with E-state index in [1.807, 2.05) is 68.4 Å². The van der Waals surface area contributed by atoms with E-state index in [1.165, 1.54) is 12.1 Å². The van der Waals surface area contributed by atoms with E-state index < -0.39 is 0 Å². The normalized spacial score (nSPS) is 12.6. The summed E-state index contributed by atoms with van der Waals surface area (Å²) in [5, 5.41) is 5.94. The number of likely N-dealkylation sites (N-methyl/N-ethyl adjacent to an activating group) is 1. The standard InChI is InChI=1S/C24H23FN2O2/c1-15-19-12-11-16-7-4-5-10-20(16)23(19)29-22(15)24(28)26-14-21(27(2)3)17-8-6-9-18(25)13-17/h4-13,21H,14H2,1-3H3,(H,26,28)/t21-/m0/s1. The number of halogens is 1. The lowest BCUT2D eigenvalue weighted by molar-refractivity contribution is 0.0915. The largest absolute Gasteiger partial charge is 0.450 e. The topological polar surface area (TPSA) is 45.5 Å². The molecule has 4 rings (SSSR count). The summed E-state index contributed by atoms with van der Waals surface area (Å²) in [5.74, 6) is -0.250. The maximum atomic E-state index is 13.6. The predicted octanol–water partition coefficient (Wildman–Crippen LogP) is 5.07. The first-order chi connectivity index (χ1) is 14.0. The SMILES string of the molecule is Cc1c(C(=O)NC[C@@H](c2cccc(F)c2)N(C)C)oc2c1ccc1ccccc12. The zero-order valence-corrected chi connectivity index (χ0v) is 16.7. The number of aryl methyl sites for hydroxylation is 1. The van der Waals surface area contributed by atoms with E-state index in [2.05, 4.69) is 5.32 Å². The fourth-order valence-electron chi connectivity index (χ4n) is 3.75. The fraction of sp³-hybridized carbons (Fsp3) is 0.208. The second-order valence-electron chi connectivity index (χ2n) is 7.46. The first-order valence-corrected chi connectivity index (χ1v) is 9.56. The van der Waals surface area contributed by atoms with Crippen LogP contribution in [-0.4, -0.2) is 31.4 Å². The van der Waals surface area contributed by atoms with E-state index in [0.717, 1.165) is 32.9 Å². The summed E-state index contributed by atoms with van der Waals surface area (Å²) >= 11 is 0. The van der Waals surface area contributed by atoms with E-state index >= 15 is 0 Å². The van der Waals surface area contributed by atoms with Gasteiger partial charge < -0.3 is 14.6 Å². The number of nitrogens with zero attached hydrogens (tertiary/aromatic N) is 1. The van der Waals surface area contributed by atoms with Gasteiger partial charge in [-0.1, -0.05) is 48.5 Å². The number of furan rings is 1. The van der Waals surface area contributed by atoms with Gasteiger partial charge in [0.25, 0.3) is 5.91 Å². The smallest absolute Gasteiger partial charge is 0.287 e. The first kappa shape index (κ1) is 19.2. The Kier molecular flexibility index (Phi) is 5.07. The van der Waals surface area contributed by atoms with Gasteiger partial charge in [-0.2, -0.15) is 0 Å². The van der Waals surface area contributed by atoms with Crippen LogP contribution in [0.25, 0.3) is 21.7 Å². The lowest BCUT2D eigenvalue weighted by Crippen LogP contribution is -2.34. The van der Waals surface area contributed by atoms with Crippen molar-refractivity contribution < 1.29 is 13.6 Å². The van der Waals surface area contributed by atoms with Crippen LogP contribution < -0.4 is 5.32 Å². The second-order valence-corrected chi connectivity index (χ2v) is 7.46. The number of nitrogens with one attached hydrogen (secondary N) is 1. The quantitative estimate of drug-likeness (QED) is 0.518. The Morgan fingerprint density at radius 1 is 1.07 bits per heavy atom. The Bertz CT molecular complexity index is 1200. The third-order valence-corrected chi connectivity index (χ3v) is 5.35. The highest BCUT2D eigenvalue weighted by atomic mass is 19.1. The average Bonchev–Trinajstić information content (AvgIpc) is 3.05. The van der Waals surface area contributed by atoms with Gasteiger partial charge in [-0.15, -0.1) is 0 Å². The molecule has 4 aromatic rings. The Balaban J connectivity index is 1.62. The highest BCUT2D eigenvalue weighted by molar-refractivity contribution is 6.08. The molecule has 0 aliphatic heterocycles. The molecule has 1 amide bonds. The molecule has 29 heavy (non-hydrogen) atoms. The summed E-state index contributed by atoms with van der Waals surface area (Å²) < 4.78 is 19.6. The van der Waals surface area contributed by atoms with E-state index in [0.29, 0.717) is 12.3 Å². The van der Waals surface area contributed by atoms with E-state index in [4.69, 9.17) is 4.42 Å². The molecule has 0 aliphatic rings. The minimum atomic E-state index is -0.291. The van der Waals surface area contributed by atoms with Crippen LogP contribution in [0.5, 0.6) is 0 Å². The van der Waals surface area contributed by atoms with Gasteiger partial charge in [0, 0.05) is 22.9 Å². The fourth-order valence-corrected chi connectivity index (χ4v) is 3.75. The highest BCUT2D eigenvalue weighted by Gasteiger charge is 2.21. The molecule has 0 aliphatic carbocycles. The molecule has 3 aromatic carbocycles. The Morgan fingerprint density at radius 2 is 1.86 bits per heavy atom. The maximum absolute atomic E-state index is 13.6. The number of fused-ring (bicyclic) bond motifs is 3. The van der Waals surface area contributed by atoms with Crippen LogP contribution in [0.4, 0.5) is 4.39 Å². The molecule has 4 nitrogen and oxygen atoms in total. The van der Waals surface area contributed by atoms with Crippen molar-refractivity contribution in [3.8, 4) is 0 Å². The summed E-state index contributed by atoms with van der Waals surface area (Å²) in [6.07, 6.45) is 0. The Hall–Kier alpha value is -3.18. The van der Waals surface area contributed by atoms with Gasteiger partial charge in [0.2, 0.25) is 0 Å². The number of hydrogen-bond acceptors (Lipinski definition) is 3. The molecule has 0 unspecified atom stereocenters. The van der Waals surface area contributed by atoms with Gasteiger partial charge in [-0.3, -0.25) is 4.79 Å². The van der Waals surface area contributed by atoms with Crippen LogP contribution in [-0.2, 0) is 0 Å². The lowest BCUT2D eigenvalue weighted by atomic mass is 10.0. The third kappa shape index (κ3) is 3.61. The summed E-state index contributed by atoms with van der Waals surface area (Å²) in [6, 6.07) is 18.3. The minimum absolute atomic E-state index is 0.153. The molecular formula is C24H23FN2O2. The van der Waals surface area contributed by atoms with Crippen molar-refractivity contribution in [2.24, 2.45) is 0 Å². The van der Waals surface area contributed by atoms with E-state index in [-0.39, 0.29) is 17.8 Å². The summed E-state index contributed by atoms with van der Waals surface area (Å²) in [4.78, 5) is 14.9. The number of benzene rings is 3. The molecule has 0 fully saturated rings. The molecule has 0 saturated carbocycles. The molecule has 0 spiro atoms. The van der Waals surface area contributed by atoms with Crippen molar-refractivity contribution in [2.45, 2.75) is 13.0 Å². The van der Waals surface area contributed by atoms with Crippen LogP contribution in [0.1, 0.15) is 27.7 Å². The van der Waals surface area contributed by atoms with Crippen LogP contribution in [0.3, 0.4) is 0 Å². The van der Waals surface area contributed by atoms with Crippen LogP contribution in [0.15, 0.2) is 65.1 Å². The van der Waals surface area contributed by atoms with E-state index in [1.54, 1.807) is 6.07 Å². The highest BCUT2D eigenvalue weighted by Crippen LogP contribution is 2.31. The molecule has 0 radical (unpaired) electrons. The molecule has 1 heterocycles. The molecule has 0 bridgehead atoms. The monoisotopic (exact) mass is 390 g/mol. The molecule has 148 valence electrons. The molecule has 1 atom stereocenters.